The van der Waals surface area contributed by atoms with E-state index in [-0.39, 0.29) is 40.1 Å². The third-order valence-electron chi connectivity index (χ3n) is 8.49. The summed E-state index contributed by atoms with van der Waals surface area (Å²) in [7, 11) is -4.47. The first-order valence-corrected chi connectivity index (χ1v) is 18.3. The number of hydrogen-bond donors (Lipinski definition) is 3. The van der Waals surface area contributed by atoms with Crippen molar-refractivity contribution in [2.24, 2.45) is 11.8 Å². The number of rotatable bonds is 13. The second-order valence-electron chi connectivity index (χ2n) is 13.5. The molecule has 4 heterocycles. The van der Waals surface area contributed by atoms with E-state index in [9.17, 15) is 27.5 Å². The van der Waals surface area contributed by atoms with Gasteiger partial charge in [0.2, 0.25) is 0 Å². The van der Waals surface area contributed by atoms with Crippen molar-refractivity contribution < 1.29 is 32.2 Å². The van der Waals surface area contributed by atoms with Crippen LogP contribution in [-0.4, -0.2) is 64.1 Å². The van der Waals surface area contributed by atoms with Crippen molar-refractivity contribution in [3.05, 3.63) is 95.2 Å². The van der Waals surface area contributed by atoms with Crippen LogP contribution in [0, 0.1) is 17.7 Å². The van der Waals surface area contributed by atoms with Gasteiger partial charge >= 0.3 is 6.09 Å². The van der Waals surface area contributed by atoms with Gasteiger partial charge < -0.3 is 20.1 Å². The Hall–Kier alpha value is -4.82. The van der Waals surface area contributed by atoms with Crippen molar-refractivity contribution >= 4 is 39.4 Å². The molecule has 0 radical (unpaired) electrons. The molecular formula is C36H40ClFN6O6S. The average Bonchev–Trinajstić information content (AvgIpc) is 3.39. The quantitative estimate of drug-likeness (QED) is 0.120. The molecule has 1 aromatic carbocycles. The van der Waals surface area contributed by atoms with Crippen LogP contribution in [0.5, 0.6) is 5.75 Å². The SMILES string of the molecule is CC(C)COc1cc(F)cc(-c2ccc(C(=O)NS(=O)(=O)c3cccc(NC(CC[C@@H]4CN(C(=O)O)C(C)(C)C4)c4ccccn4)n3)c(Cl)n2)c1. The number of ether oxygens (including phenoxy) is 1. The van der Waals surface area contributed by atoms with E-state index in [1.165, 1.54) is 41.3 Å². The van der Waals surface area contributed by atoms with Crippen molar-refractivity contribution in [3.63, 3.8) is 0 Å². The Morgan fingerprint density at radius 1 is 1.10 bits per heavy atom. The molecular weight excluding hydrogens is 699 g/mol. The maximum Gasteiger partial charge on any atom is 0.407 e. The van der Waals surface area contributed by atoms with Crippen LogP contribution in [0.3, 0.4) is 0 Å². The number of nitrogens with one attached hydrogen (secondary N) is 2. The standard InChI is InChI=1S/C36H40ClFN6O6S/c1-22(2)21-50-26-17-24(16-25(38)18-26)28-14-12-27(33(37)41-28)34(45)43-51(48,49)32-10-7-9-31(42-32)40-30(29-8-5-6-15-39-29)13-11-23-19-36(3,4)44(20-23)35(46)47/h5-10,12,14-18,22-23,30H,11,13,19-21H2,1-4H3,(H,40,42)(H,43,45)(H,46,47)/t23-,30?/m0/s1. The molecule has 3 aromatic heterocycles. The first-order valence-electron chi connectivity index (χ1n) is 16.4. The number of pyridine rings is 3. The van der Waals surface area contributed by atoms with Gasteiger partial charge in [-0.3, -0.25) is 9.78 Å². The van der Waals surface area contributed by atoms with Crippen LogP contribution in [0.15, 0.2) is 78.0 Å². The lowest BCUT2D eigenvalue weighted by molar-refractivity contribution is 0.0980. The zero-order valence-electron chi connectivity index (χ0n) is 28.6. The largest absolute Gasteiger partial charge is 0.493 e. The lowest BCUT2D eigenvalue weighted by Crippen LogP contribution is -2.41. The van der Waals surface area contributed by atoms with Crippen molar-refractivity contribution in [1.29, 1.82) is 0 Å². The van der Waals surface area contributed by atoms with Crippen molar-refractivity contribution in [2.75, 3.05) is 18.5 Å². The highest BCUT2D eigenvalue weighted by atomic mass is 35.5. The lowest BCUT2D eigenvalue weighted by Gasteiger charge is -2.28. The van der Waals surface area contributed by atoms with Gasteiger partial charge in [-0.1, -0.05) is 37.6 Å². The molecule has 2 atom stereocenters. The molecule has 1 fully saturated rings. The molecule has 1 aliphatic heterocycles. The van der Waals surface area contributed by atoms with Gasteiger partial charge in [-0.05, 0) is 93.5 Å². The topological polar surface area (TPSA) is 164 Å². The normalized spacial score (nSPS) is 16.1. The van der Waals surface area contributed by atoms with E-state index in [4.69, 9.17) is 16.3 Å². The van der Waals surface area contributed by atoms with E-state index < -0.39 is 38.4 Å². The molecule has 12 nitrogen and oxygen atoms in total. The fraction of sp³-hybridized carbons (Fsp3) is 0.361. The number of halogens is 2. The fourth-order valence-corrected chi connectivity index (χ4v) is 7.24. The van der Waals surface area contributed by atoms with Gasteiger partial charge in [0, 0.05) is 29.9 Å². The van der Waals surface area contributed by atoms with E-state index in [0.29, 0.717) is 49.4 Å². The predicted molar refractivity (Wildman–Crippen MR) is 191 cm³/mol. The number of anilines is 1. The summed E-state index contributed by atoms with van der Waals surface area (Å²) in [5.74, 6) is -0.672. The van der Waals surface area contributed by atoms with Crippen LogP contribution in [-0.2, 0) is 10.0 Å². The first-order chi connectivity index (χ1) is 24.1. The van der Waals surface area contributed by atoms with Gasteiger partial charge in [-0.2, -0.15) is 8.42 Å². The molecule has 0 bridgehead atoms. The highest BCUT2D eigenvalue weighted by Crippen LogP contribution is 2.37. The minimum Gasteiger partial charge on any atom is -0.493 e. The molecule has 0 spiro atoms. The number of likely N-dealkylation sites (tertiary alicyclic amines) is 1. The zero-order valence-corrected chi connectivity index (χ0v) is 30.2. The third kappa shape index (κ3) is 9.50. The molecule has 1 saturated heterocycles. The van der Waals surface area contributed by atoms with Gasteiger partial charge in [-0.15, -0.1) is 0 Å². The summed E-state index contributed by atoms with van der Waals surface area (Å²) in [6.45, 7) is 8.57. The van der Waals surface area contributed by atoms with E-state index in [0.717, 1.165) is 0 Å². The van der Waals surface area contributed by atoms with Crippen LogP contribution in [0.4, 0.5) is 15.0 Å². The summed E-state index contributed by atoms with van der Waals surface area (Å²) in [5, 5.41) is 12.2. The Morgan fingerprint density at radius 2 is 1.88 bits per heavy atom. The van der Waals surface area contributed by atoms with Crippen molar-refractivity contribution in [3.8, 4) is 17.0 Å². The molecule has 0 aliphatic carbocycles. The van der Waals surface area contributed by atoms with Gasteiger partial charge in [-0.25, -0.2) is 23.9 Å². The Bertz CT molecular complexity index is 2000. The van der Waals surface area contributed by atoms with Gasteiger partial charge in [0.05, 0.1) is 29.6 Å². The maximum atomic E-state index is 14.3. The molecule has 51 heavy (non-hydrogen) atoms. The molecule has 3 N–H and O–H groups in total. The van der Waals surface area contributed by atoms with E-state index >= 15 is 0 Å². The van der Waals surface area contributed by atoms with Crippen LogP contribution >= 0.6 is 11.6 Å². The Labute approximate surface area is 301 Å². The van der Waals surface area contributed by atoms with Crippen LogP contribution in [0.2, 0.25) is 5.15 Å². The number of sulfonamides is 1. The third-order valence-corrected chi connectivity index (χ3v) is 10.0. The summed E-state index contributed by atoms with van der Waals surface area (Å²) < 4.78 is 48.7. The molecule has 2 amide bonds. The van der Waals surface area contributed by atoms with Crippen LogP contribution < -0.4 is 14.8 Å². The van der Waals surface area contributed by atoms with Crippen molar-refractivity contribution in [2.45, 2.75) is 63.6 Å². The molecule has 0 saturated carbocycles. The molecule has 5 rings (SSSR count). The van der Waals surface area contributed by atoms with Crippen molar-refractivity contribution in [1.82, 2.24) is 24.6 Å². The Morgan fingerprint density at radius 3 is 2.55 bits per heavy atom. The highest BCUT2D eigenvalue weighted by Gasteiger charge is 2.41. The molecule has 270 valence electrons. The molecule has 1 aliphatic rings. The summed E-state index contributed by atoms with van der Waals surface area (Å²) in [4.78, 5) is 39.3. The van der Waals surface area contributed by atoms with E-state index in [1.807, 2.05) is 44.5 Å². The summed E-state index contributed by atoms with van der Waals surface area (Å²) in [6.07, 6.45) is 2.68. The fourth-order valence-electron chi connectivity index (χ4n) is 6.07. The number of nitrogens with zero attached hydrogens (tertiary/aromatic N) is 4. The van der Waals surface area contributed by atoms with E-state index in [1.54, 1.807) is 24.4 Å². The monoisotopic (exact) mass is 738 g/mol. The summed E-state index contributed by atoms with van der Waals surface area (Å²) >= 11 is 6.33. The number of hydrogen-bond acceptors (Lipinski definition) is 9. The molecule has 1 unspecified atom stereocenters. The van der Waals surface area contributed by atoms with Gasteiger partial charge in [0.15, 0.2) is 5.03 Å². The van der Waals surface area contributed by atoms with Gasteiger partial charge in [0.1, 0.15) is 22.5 Å². The predicted octanol–water partition coefficient (Wildman–Crippen LogP) is 7.20. The number of carboxylic acid groups (broad SMARTS) is 1. The second kappa shape index (κ2) is 15.6. The number of carbonyl (C=O) groups is 2. The summed E-state index contributed by atoms with van der Waals surface area (Å²) in [5.41, 5.74) is 0.637. The number of amides is 2. The highest BCUT2D eigenvalue weighted by molar-refractivity contribution is 7.90. The molecule has 4 aromatic rings. The van der Waals surface area contributed by atoms with Crippen LogP contribution in [0.25, 0.3) is 11.3 Å². The number of aromatic nitrogens is 3. The lowest BCUT2D eigenvalue weighted by atomic mass is 9.91. The van der Waals surface area contributed by atoms with Crippen LogP contribution in [0.1, 0.15) is 69.1 Å². The first kappa shape index (κ1) is 37.4. The minimum absolute atomic E-state index is 0.129. The molecule has 15 heteroatoms. The second-order valence-corrected chi connectivity index (χ2v) is 15.5. The smallest absolute Gasteiger partial charge is 0.407 e. The summed E-state index contributed by atoms with van der Waals surface area (Å²) in [6, 6.07) is 16.3. The Balaban J connectivity index is 1.29. The maximum absolute atomic E-state index is 14.3. The minimum atomic E-state index is -4.47. The van der Waals surface area contributed by atoms with Gasteiger partial charge in [0.25, 0.3) is 15.9 Å². The Kier molecular flexibility index (Phi) is 11.5. The zero-order chi connectivity index (χ0) is 36.9. The number of benzene rings is 1. The van der Waals surface area contributed by atoms with E-state index in [2.05, 4.69) is 20.3 Å². The average molecular weight is 739 g/mol. The number of carbonyl (C=O) groups excluding carboxylic acids is 1.